The Labute approximate surface area is 312 Å². The number of rotatable bonds is 12. The minimum atomic E-state index is -4.57. The monoisotopic (exact) mass is 764 g/mol. The lowest BCUT2D eigenvalue weighted by Gasteiger charge is -2.23. The highest BCUT2D eigenvalue weighted by Crippen LogP contribution is 2.43. The number of aryl methyl sites for hydroxylation is 2. The maximum Gasteiger partial charge on any atom is 0.294 e. The molecule has 6 rings (SSSR count). The van der Waals surface area contributed by atoms with Gasteiger partial charge in [0.15, 0.2) is 0 Å². The quantitative estimate of drug-likeness (QED) is 0.0693. The summed E-state index contributed by atoms with van der Waals surface area (Å²) < 4.78 is 65.8. The number of azo groups is 2. The first-order valence-corrected chi connectivity index (χ1v) is 19.5. The third-order valence-corrected chi connectivity index (χ3v) is 10.3. The van der Waals surface area contributed by atoms with E-state index in [0.717, 1.165) is 34.1 Å². The van der Waals surface area contributed by atoms with Crippen LogP contribution in [-0.2, 0) is 26.8 Å². The van der Waals surface area contributed by atoms with Crippen LogP contribution in [0, 0.1) is 13.8 Å². The van der Waals surface area contributed by atoms with E-state index in [4.69, 9.17) is 0 Å². The number of phenolic OH excluding ortho intramolecular Hbond substituents is 1. The Kier molecular flexibility index (Phi) is 10.9. The Morgan fingerprint density at radius 1 is 0.648 bits per heavy atom. The molecule has 0 fully saturated rings. The Bertz CT molecular complexity index is 2610. The lowest BCUT2D eigenvalue weighted by molar-refractivity contribution is 0.471. The van der Waals surface area contributed by atoms with Crippen LogP contribution in [0.3, 0.4) is 0 Å². The summed E-state index contributed by atoms with van der Waals surface area (Å²) in [6, 6.07) is 31.9. The number of fused-ring (bicyclic) bond motifs is 1. The average Bonchev–Trinajstić information content (AvgIpc) is 3.14. The van der Waals surface area contributed by atoms with Crippen molar-refractivity contribution in [1.82, 2.24) is 0 Å². The Morgan fingerprint density at radius 2 is 1.20 bits per heavy atom. The van der Waals surface area contributed by atoms with Crippen molar-refractivity contribution in [1.29, 1.82) is 0 Å². The van der Waals surface area contributed by atoms with Crippen LogP contribution in [-0.4, -0.2) is 37.6 Å². The van der Waals surface area contributed by atoms with Gasteiger partial charge in [-0.3, -0.25) is 9.11 Å². The zero-order chi connectivity index (χ0) is 38.6. The van der Waals surface area contributed by atoms with E-state index in [9.17, 15) is 31.0 Å². The molecule has 0 unspecified atom stereocenters. The highest BCUT2D eigenvalue weighted by atomic mass is 32.2. The van der Waals surface area contributed by atoms with Crippen LogP contribution in [0.5, 0.6) is 5.75 Å². The Hall–Kier alpha value is -6.00. The standard InChI is InChI=1S/C39H36N6O7S2/c1-4-45(24-27-9-6-10-33(21-27)53(47,48)49)32-18-16-31(17-19-32)42-41-29-12-14-30(15-13-29)43-44-39-35(40-38-25(2)7-5-8-26(38)3)20-11-28-22-34(54(50,51)52)23-36(46)37(28)39/h5-23,40,46H,4,24H2,1-3H3,(H,47,48,49)(H,50,51,52)/b42-41+,44-43+. The van der Waals surface area contributed by atoms with Gasteiger partial charge >= 0.3 is 0 Å². The molecule has 0 aliphatic rings. The molecule has 15 heteroatoms. The van der Waals surface area contributed by atoms with Crippen molar-refractivity contribution in [2.45, 2.75) is 37.1 Å². The number of para-hydroxylation sites is 1. The SMILES string of the molecule is CCN(Cc1cccc(S(=O)(=O)O)c1)c1ccc(/N=N/c2ccc(/N=N/c3c(Nc4c(C)cccc4C)ccc4cc(S(=O)(=O)O)cc(O)c34)cc2)cc1. The number of anilines is 3. The van der Waals surface area contributed by atoms with Gasteiger partial charge in [0.1, 0.15) is 11.4 Å². The molecular weight excluding hydrogens is 729 g/mol. The fourth-order valence-electron chi connectivity index (χ4n) is 5.85. The van der Waals surface area contributed by atoms with Gasteiger partial charge in [-0.2, -0.15) is 32.2 Å². The maximum atomic E-state index is 11.9. The molecule has 0 bridgehead atoms. The molecule has 0 heterocycles. The summed E-state index contributed by atoms with van der Waals surface area (Å²) in [5.41, 5.74) is 6.87. The molecule has 54 heavy (non-hydrogen) atoms. The summed E-state index contributed by atoms with van der Waals surface area (Å²) in [6.07, 6.45) is 0. The van der Waals surface area contributed by atoms with E-state index in [0.29, 0.717) is 41.2 Å². The van der Waals surface area contributed by atoms with Crippen LogP contribution in [0.4, 0.5) is 39.8 Å². The predicted molar refractivity (Wildman–Crippen MR) is 209 cm³/mol. The number of nitrogens with one attached hydrogen (secondary N) is 1. The molecular formula is C39H36N6O7S2. The van der Waals surface area contributed by atoms with Gasteiger partial charge in [0.2, 0.25) is 0 Å². The van der Waals surface area contributed by atoms with E-state index >= 15 is 0 Å². The Morgan fingerprint density at radius 3 is 1.78 bits per heavy atom. The summed E-state index contributed by atoms with van der Waals surface area (Å²) >= 11 is 0. The molecule has 0 amide bonds. The van der Waals surface area contributed by atoms with E-state index in [1.54, 1.807) is 48.5 Å². The van der Waals surface area contributed by atoms with Crippen molar-refractivity contribution in [3.63, 3.8) is 0 Å². The second kappa shape index (κ2) is 15.5. The van der Waals surface area contributed by atoms with E-state index in [1.165, 1.54) is 18.2 Å². The van der Waals surface area contributed by atoms with Gasteiger partial charge in [-0.15, -0.1) is 5.11 Å². The maximum absolute atomic E-state index is 11.9. The Balaban J connectivity index is 1.21. The topological polar surface area (TPSA) is 194 Å². The molecule has 4 N–H and O–H groups in total. The molecule has 0 saturated heterocycles. The van der Waals surface area contributed by atoms with Gasteiger partial charge in [-0.25, -0.2) is 0 Å². The molecule has 6 aromatic rings. The van der Waals surface area contributed by atoms with Gasteiger partial charge < -0.3 is 15.3 Å². The number of hydrogen-bond donors (Lipinski definition) is 4. The van der Waals surface area contributed by atoms with Gasteiger partial charge in [0.05, 0.1) is 37.9 Å². The smallest absolute Gasteiger partial charge is 0.294 e. The summed E-state index contributed by atoms with van der Waals surface area (Å²) in [4.78, 5) is 1.45. The van der Waals surface area contributed by atoms with Crippen LogP contribution in [0.2, 0.25) is 0 Å². The third-order valence-electron chi connectivity index (χ3n) is 8.64. The van der Waals surface area contributed by atoms with Crippen LogP contribution in [0.15, 0.2) is 146 Å². The van der Waals surface area contributed by atoms with Crippen molar-refractivity contribution < 1.29 is 31.0 Å². The second-order valence-corrected chi connectivity index (χ2v) is 15.3. The normalized spacial score (nSPS) is 12.2. The summed E-state index contributed by atoms with van der Waals surface area (Å²) in [7, 11) is -8.87. The first kappa shape index (κ1) is 37.7. The molecule has 0 aromatic heterocycles. The lowest BCUT2D eigenvalue weighted by Crippen LogP contribution is -2.22. The van der Waals surface area contributed by atoms with Crippen molar-refractivity contribution in [3.8, 4) is 5.75 Å². The summed E-state index contributed by atoms with van der Waals surface area (Å²) in [5.74, 6) is -0.393. The van der Waals surface area contributed by atoms with Gasteiger partial charge in [-0.05, 0) is 116 Å². The number of hydrogen-bond acceptors (Lipinski definition) is 11. The van der Waals surface area contributed by atoms with Crippen LogP contribution >= 0.6 is 0 Å². The van der Waals surface area contributed by atoms with E-state index in [1.807, 2.05) is 63.2 Å². The van der Waals surface area contributed by atoms with Crippen molar-refractivity contribution in [3.05, 3.63) is 132 Å². The highest BCUT2D eigenvalue weighted by molar-refractivity contribution is 7.86. The lowest BCUT2D eigenvalue weighted by atomic mass is 10.0. The minimum absolute atomic E-state index is 0.150. The fourth-order valence-corrected chi connectivity index (χ4v) is 6.93. The van der Waals surface area contributed by atoms with Gasteiger partial charge in [0.25, 0.3) is 20.2 Å². The first-order valence-electron chi connectivity index (χ1n) is 16.6. The van der Waals surface area contributed by atoms with E-state index in [2.05, 4.69) is 30.7 Å². The molecule has 0 aliphatic carbocycles. The molecule has 0 aliphatic heterocycles. The zero-order valence-corrected chi connectivity index (χ0v) is 31.0. The van der Waals surface area contributed by atoms with Crippen LogP contribution in [0.25, 0.3) is 10.8 Å². The average molecular weight is 765 g/mol. The minimum Gasteiger partial charge on any atom is -0.507 e. The first-order chi connectivity index (χ1) is 25.7. The largest absolute Gasteiger partial charge is 0.507 e. The number of aromatic hydroxyl groups is 1. The van der Waals surface area contributed by atoms with E-state index < -0.39 is 30.9 Å². The van der Waals surface area contributed by atoms with Crippen LogP contribution < -0.4 is 10.2 Å². The molecule has 276 valence electrons. The number of nitrogens with zero attached hydrogens (tertiary/aromatic N) is 5. The molecule has 0 atom stereocenters. The molecule has 0 spiro atoms. The summed E-state index contributed by atoms with van der Waals surface area (Å²) in [5, 5.41) is 32.5. The second-order valence-electron chi connectivity index (χ2n) is 12.4. The fraction of sp³-hybridized carbons (Fsp3) is 0.128. The van der Waals surface area contributed by atoms with Crippen molar-refractivity contribution in [2.75, 3.05) is 16.8 Å². The zero-order valence-electron chi connectivity index (χ0n) is 29.4. The van der Waals surface area contributed by atoms with Gasteiger partial charge in [-0.1, -0.05) is 36.4 Å². The molecule has 0 saturated carbocycles. The predicted octanol–water partition coefficient (Wildman–Crippen LogP) is 10.3. The number of benzene rings is 6. The van der Waals surface area contributed by atoms with Crippen molar-refractivity contribution in [2.24, 2.45) is 20.5 Å². The van der Waals surface area contributed by atoms with Crippen molar-refractivity contribution >= 4 is 70.8 Å². The highest BCUT2D eigenvalue weighted by Gasteiger charge is 2.19. The molecule has 13 nitrogen and oxygen atoms in total. The molecule has 6 aromatic carbocycles. The van der Waals surface area contributed by atoms with Crippen LogP contribution in [0.1, 0.15) is 23.6 Å². The third kappa shape index (κ3) is 8.78. The van der Waals surface area contributed by atoms with E-state index in [-0.39, 0.29) is 16.0 Å². The van der Waals surface area contributed by atoms with Gasteiger partial charge in [0, 0.05) is 30.5 Å². The summed E-state index contributed by atoms with van der Waals surface area (Å²) in [6.45, 7) is 7.00. The number of phenols is 1. The molecule has 0 radical (unpaired) electrons.